The molecule has 0 unspecified atom stereocenters. The molecular weight excluding hydrogens is 344 g/mol. The fourth-order valence-electron chi connectivity index (χ4n) is 1.65. The van der Waals surface area contributed by atoms with E-state index < -0.39 is 0 Å². The van der Waals surface area contributed by atoms with Crippen LogP contribution in [-0.4, -0.2) is 55.2 Å². The van der Waals surface area contributed by atoms with E-state index in [1.807, 2.05) is 24.3 Å². The van der Waals surface area contributed by atoms with Crippen LogP contribution in [0, 0.1) is 0 Å². The van der Waals surface area contributed by atoms with Crippen molar-refractivity contribution in [2.75, 3.05) is 32.9 Å². The number of aliphatic imine (C=N–C) groups is 1. The molecule has 0 saturated carbocycles. The number of likely N-dealkylation sites (N-methyl/N-ethyl adjacent to an activating group) is 1. The zero-order valence-corrected chi connectivity index (χ0v) is 16.6. The second-order valence-electron chi connectivity index (χ2n) is 6.56. The average Bonchev–Trinajstić information content (AvgIpc) is 2.48. The van der Waals surface area contributed by atoms with Crippen molar-refractivity contribution in [1.82, 2.24) is 15.5 Å². The van der Waals surface area contributed by atoms with E-state index in [4.69, 9.17) is 11.6 Å². The molecule has 0 saturated heterocycles. The molecule has 1 amide bonds. The Hall–Kier alpha value is -1.40. The van der Waals surface area contributed by atoms with E-state index in [2.05, 4.69) is 36.4 Å². The minimum absolute atomic E-state index is 0.0273. The predicted octanol–water partition coefficient (Wildman–Crippen LogP) is 2.85. The van der Waals surface area contributed by atoms with E-state index in [9.17, 15) is 4.79 Å². The van der Waals surface area contributed by atoms with E-state index in [1.54, 1.807) is 25.9 Å². The standard InChI is InChI=1S/C17H27ClN4OS/c1-17(2,3)21-16(20-12-15(23)22(4)5)19-10-11-24-14-8-6-13(18)7-9-14/h6-9H,10-12H2,1-5H3,(H2,19,20,21). The van der Waals surface area contributed by atoms with Crippen molar-refractivity contribution < 1.29 is 4.79 Å². The molecule has 5 nitrogen and oxygen atoms in total. The summed E-state index contributed by atoms with van der Waals surface area (Å²) in [6, 6.07) is 7.78. The second-order valence-corrected chi connectivity index (χ2v) is 8.16. The maximum Gasteiger partial charge on any atom is 0.243 e. The number of amides is 1. The minimum atomic E-state index is -0.129. The third-order valence-electron chi connectivity index (χ3n) is 2.84. The SMILES string of the molecule is CN(C)C(=O)CN=C(NCCSc1ccc(Cl)cc1)NC(C)(C)C. The van der Waals surface area contributed by atoms with E-state index in [-0.39, 0.29) is 18.0 Å². The van der Waals surface area contributed by atoms with Crippen molar-refractivity contribution in [3.63, 3.8) is 0 Å². The summed E-state index contributed by atoms with van der Waals surface area (Å²) in [5, 5.41) is 7.31. The molecule has 0 aromatic heterocycles. The summed E-state index contributed by atoms with van der Waals surface area (Å²) in [6.07, 6.45) is 0. The molecule has 24 heavy (non-hydrogen) atoms. The molecule has 0 bridgehead atoms. The van der Waals surface area contributed by atoms with Crippen LogP contribution in [-0.2, 0) is 4.79 Å². The van der Waals surface area contributed by atoms with Crippen LogP contribution in [0.3, 0.4) is 0 Å². The van der Waals surface area contributed by atoms with Crippen LogP contribution in [0.2, 0.25) is 5.02 Å². The number of carbonyl (C=O) groups excluding carboxylic acids is 1. The number of hydrogen-bond donors (Lipinski definition) is 2. The highest BCUT2D eigenvalue weighted by Crippen LogP contribution is 2.19. The fourth-order valence-corrected chi connectivity index (χ4v) is 2.55. The van der Waals surface area contributed by atoms with Crippen molar-refractivity contribution in [3.05, 3.63) is 29.3 Å². The fraction of sp³-hybridized carbons (Fsp3) is 0.529. The number of rotatable bonds is 6. The molecular formula is C17H27ClN4OS. The molecule has 1 aromatic rings. The minimum Gasteiger partial charge on any atom is -0.356 e. The first-order valence-corrected chi connectivity index (χ1v) is 9.19. The van der Waals surface area contributed by atoms with Gasteiger partial charge in [-0.05, 0) is 45.0 Å². The Kier molecular flexibility index (Phi) is 8.42. The normalized spacial score (nSPS) is 12.0. The highest BCUT2D eigenvalue weighted by molar-refractivity contribution is 7.99. The molecule has 7 heteroatoms. The van der Waals surface area contributed by atoms with Gasteiger partial charge in [-0.25, -0.2) is 4.99 Å². The Morgan fingerprint density at radius 1 is 1.25 bits per heavy atom. The Morgan fingerprint density at radius 2 is 1.88 bits per heavy atom. The quantitative estimate of drug-likeness (QED) is 0.350. The number of halogens is 1. The topological polar surface area (TPSA) is 56.7 Å². The third kappa shape index (κ3) is 9.03. The summed E-state index contributed by atoms with van der Waals surface area (Å²) in [5.41, 5.74) is -0.129. The van der Waals surface area contributed by atoms with Crippen molar-refractivity contribution in [3.8, 4) is 0 Å². The molecule has 134 valence electrons. The molecule has 1 aromatic carbocycles. The highest BCUT2D eigenvalue weighted by atomic mass is 35.5. The summed E-state index contributed by atoms with van der Waals surface area (Å²) in [6.45, 7) is 7.04. The van der Waals surface area contributed by atoms with E-state index in [0.29, 0.717) is 5.96 Å². The average molecular weight is 371 g/mol. The summed E-state index contributed by atoms with van der Waals surface area (Å²) < 4.78 is 0. The number of benzene rings is 1. The molecule has 0 heterocycles. The van der Waals surface area contributed by atoms with Crippen LogP contribution in [0.15, 0.2) is 34.2 Å². The summed E-state index contributed by atoms with van der Waals surface area (Å²) in [5.74, 6) is 1.50. The number of carbonyl (C=O) groups is 1. The highest BCUT2D eigenvalue weighted by Gasteiger charge is 2.13. The lowest BCUT2D eigenvalue weighted by molar-refractivity contribution is -0.127. The molecule has 0 aliphatic heterocycles. The van der Waals surface area contributed by atoms with Gasteiger partial charge in [-0.3, -0.25) is 4.79 Å². The Labute approximate surface area is 154 Å². The van der Waals surface area contributed by atoms with Gasteiger partial charge in [0.1, 0.15) is 6.54 Å². The summed E-state index contributed by atoms with van der Waals surface area (Å²) in [7, 11) is 3.45. The van der Waals surface area contributed by atoms with Gasteiger partial charge in [0.05, 0.1) is 0 Å². The van der Waals surface area contributed by atoms with Gasteiger partial charge in [0, 0.05) is 41.8 Å². The maximum absolute atomic E-state index is 11.7. The van der Waals surface area contributed by atoms with Crippen molar-refractivity contribution in [2.45, 2.75) is 31.2 Å². The lowest BCUT2D eigenvalue weighted by Crippen LogP contribution is -2.48. The number of nitrogens with zero attached hydrogens (tertiary/aromatic N) is 2. The molecule has 0 aliphatic carbocycles. The van der Waals surface area contributed by atoms with Crippen molar-refractivity contribution in [1.29, 1.82) is 0 Å². The first-order chi connectivity index (χ1) is 11.2. The van der Waals surface area contributed by atoms with Gasteiger partial charge in [0.25, 0.3) is 0 Å². The van der Waals surface area contributed by atoms with Gasteiger partial charge in [0.2, 0.25) is 5.91 Å². The molecule has 0 atom stereocenters. The largest absolute Gasteiger partial charge is 0.356 e. The molecule has 0 radical (unpaired) electrons. The maximum atomic E-state index is 11.7. The summed E-state index contributed by atoms with van der Waals surface area (Å²) >= 11 is 7.62. The predicted molar refractivity (Wildman–Crippen MR) is 104 cm³/mol. The number of guanidine groups is 1. The Balaban J connectivity index is 2.50. The first-order valence-electron chi connectivity index (χ1n) is 7.82. The van der Waals surface area contributed by atoms with Crippen LogP contribution < -0.4 is 10.6 Å². The van der Waals surface area contributed by atoms with Gasteiger partial charge in [-0.15, -0.1) is 11.8 Å². The molecule has 0 aliphatic rings. The number of hydrogen-bond acceptors (Lipinski definition) is 3. The van der Waals surface area contributed by atoms with Gasteiger partial charge in [0.15, 0.2) is 5.96 Å². The number of nitrogens with one attached hydrogen (secondary N) is 2. The Morgan fingerprint density at radius 3 is 2.42 bits per heavy atom. The lowest BCUT2D eigenvalue weighted by Gasteiger charge is -2.24. The smallest absolute Gasteiger partial charge is 0.243 e. The van der Waals surface area contributed by atoms with Gasteiger partial charge >= 0.3 is 0 Å². The molecule has 0 spiro atoms. The monoisotopic (exact) mass is 370 g/mol. The summed E-state index contributed by atoms with van der Waals surface area (Å²) in [4.78, 5) is 18.8. The zero-order chi connectivity index (χ0) is 18.2. The van der Waals surface area contributed by atoms with E-state index >= 15 is 0 Å². The molecule has 1 rings (SSSR count). The van der Waals surface area contributed by atoms with Crippen LogP contribution in [0.1, 0.15) is 20.8 Å². The zero-order valence-electron chi connectivity index (χ0n) is 15.0. The van der Waals surface area contributed by atoms with Crippen molar-refractivity contribution >= 4 is 35.2 Å². The van der Waals surface area contributed by atoms with E-state index in [0.717, 1.165) is 17.3 Å². The molecule has 2 N–H and O–H groups in total. The number of thioether (sulfide) groups is 1. The lowest BCUT2D eigenvalue weighted by atomic mass is 10.1. The first kappa shape index (κ1) is 20.6. The second kappa shape index (κ2) is 9.79. The molecule has 0 fully saturated rings. The third-order valence-corrected chi connectivity index (χ3v) is 4.11. The van der Waals surface area contributed by atoms with Crippen LogP contribution in [0.25, 0.3) is 0 Å². The van der Waals surface area contributed by atoms with Gasteiger partial charge in [-0.2, -0.15) is 0 Å². The van der Waals surface area contributed by atoms with Crippen LogP contribution in [0.5, 0.6) is 0 Å². The van der Waals surface area contributed by atoms with E-state index in [1.165, 1.54) is 9.80 Å². The van der Waals surface area contributed by atoms with Gasteiger partial charge in [-0.1, -0.05) is 11.6 Å². The van der Waals surface area contributed by atoms with Crippen LogP contribution >= 0.6 is 23.4 Å². The van der Waals surface area contributed by atoms with Crippen molar-refractivity contribution in [2.24, 2.45) is 4.99 Å². The Bertz CT molecular complexity index is 553. The van der Waals surface area contributed by atoms with Crippen LogP contribution in [0.4, 0.5) is 0 Å². The van der Waals surface area contributed by atoms with Gasteiger partial charge < -0.3 is 15.5 Å².